The van der Waals surface area contributed by atoms with E-state index in [1.54, 1.807) is 0 Å². The highest BCUT2D eigenvalue weighted by atomic mass is 19.4. The van der Waals surface area contributed by atoms with Gasteiger partial charge in [0.2, 0.25) is 5.95 Å². The molecule has 0 aromatic carbocycles. The number of alkyl halides is 3. The summed E-state index contributed by atoms with van der Waals surface area (Å²) in [6.45, 7) is 3.80. The van der Waals surface area contributed by atoms with E-state index in [4.69, 9.17) is 0 Å². The van der Waals surface area contributed by atoms with Gasteiger partial charge in [-0.3, -0.25) is 4.90 Å². The summed E-state index contributed by atoms with van der Waals surface area (Å²) in [5.41, 5.74) is -0.834. The van der Waals surface area contributed by atoms with E-state index in [9.17, 15) is 18.0 Å². The van der Waals surface area contributed by atoms with Crippen molar-refractivity contribution in [2.75, 3.05) is 37.6 Å². The molecular weight excluding hydrogens is 285 g/mol. The molecule has 0 N–H and O–H groups in total. The van der Waals surface area contributed by atoms with E-state index in [1.807, 2.05) is 4.90 Å². The molecule has 116 valence electrons. The maximum Gasteiger partial charge on any atom is 0.419 e. The van der Waals surface area contributed by atoms with E-state index in [2.05, 4.69) is 14.9 Å². The predicted octanol–water partition coefficient (Wildman–Crippen LogP) is 1.60. The number of aldehydes is 1. The highest BCUT2D eigenvalue weighted by Gasteiger charge is 2.31. The molecule has 8 heteroatoms. The Labute approximate surface area is 120 Å². The van der Waals surface area contributed by atoms with Crippen molar-refractivity contribution in [1.29, 1.82) is 0 Å². The molecule has 1 saturated heterocycles. The van der Waals surface area contributed by atoms with Crippen LogP contribution in [0.1, 0.15) is 18.4 Å². The molecular formula is C13H17F3N4O. The van der Waals surface area contributed by atoms with Crippen LogP contribution in [0.4, 0.5) is 19.1 Å². The molecule has 0 amide bonds. The number of nitrogens with zero attached hydrogens (tertiary/aromatic N) is 4. The Morgan fingerprint density at radius 3 is 2.29 bits per heavy atom. The molecule has 1 aromatic heterocycles. The van der Waals surface area contributed by atoms with Crippen LogP contribution in [0.3, 0.4) is 0 Å². The van der Waals surface area contributed by atoms with Gasteiger partial charge < -0.3 is 9.69 Å². The molecule has 2 heterocycles. The van der Waals surface area contributed by atoms with Gasteiger partial charge in [0.15, 0.2) is 0 Å². The van der Waals surface area contributed by atoms with E-state index < -0.39 is 11.7 Å². The summed E-state index contributed by atoms with van der Waals surface area (Å²) in [4.78, 5) is 22.0. The Morgan fingerprint density at radius 1 is 1.14 bits per heavy atom. The molecule has 21 heavy (non-hydrogen) atoms. The number of aromatic nitrogens is 2. The fourth-order valence-electron chi connectivity index (χ4n) is 2.20. The number of rotatable bonds is 5. The molecule has 0 unspecified atom stereocenters. The lowest BCUT2D eigenvalue weighted by atomic mass is 10.2. The lowest BCUT2D eigenvalue weighted by molar-refractivity contribution is -0.138. The number of anilines is 1. The van der Waals surface area contributed by atoms with Crippen LogP contribution in [0.25, 0.3) is 0 Å². The third kappa shape index (κ3) is 4.38. The third-order valence-corrected chi connectivity index (χ3v) is 3.42. The molecule has 1 aliphatic rings. The van der Waals surface area contributed by atoms with Crippen molar-refractivity contribution >= 4 is 12.2 Å². The van der Waals surface area contributed by atoms with Crippen LogP contribution in [0, 0.1) is 0 Å². The number of hydrogen-bond acceptors (Lipinski definition) is 5. The van der Waals surface area contributed by atoms with E-state index in [1.165, 1.54) is 0 Å². The first kappa shape index (κ1) is 15.7. The van der Waals surface area contributed by atoms with Gasteiger partial charge in [-0.1, -0.05) is 0 Å². The zero-order valence-electron chi connectivity index (χ0n) is 11.5. The van der Waals surface area contributed by atoms with Gasteiger partial charge >= 0.3 is 6.18 Å². The van der Waals surface area contributed by atoms with Crippen LogP contribution in [0.5, 0.6) is 0 Å². The Kier molecular flexibility index (Phi) is 5.11. The van der Waals surface area contributed by atoms with Gasteiger partial charge in [0.1, 0.15) is 6.29 Å². The molecule has 0 atom stereocenters. The van der Waals surface area contributed by atoms with Crippen LogP contribution in [-0.4, -0.2) is 53.9 Å². The molecule has 0 radical (unpaired) electrons. The number of hydrogen-bond donors (Lipinski definition) is 0. The molecule has 1 aliphatic heterocycles. The van der Waals surface area contributed by atoms with Crippen molar-refractivity contribution in [3.8, 4) is 0 Å². The quantitative estimate of drug-likeness (QED) is 0.611. The monoisotopic (exact) mass is 302 g/mol. The van der Waals surface area contributed by atoms with Gasteiger partial charge in [-0.25, -0.2) is 9.97 Å². The number of carbonyl (C=O) groups is 1. The first-order chi connectivity index (χ1) is 10.0. The highest BCUT2D eigenvalue weighted by molar-refractivity contribution is 5.49. The smallest absolute Gasteiger partial charge is 0.338 e. The van der Waals surface area contributed by atoms with Crippen molar-refractivity contribution in [2.24, 2.45) is 0 Å². The zero-order valence-corrected chi connectivity index (χ0v) is 11.5. The summed E-state index contributed by atoms with van der Waals surface area (Å²) in [6.07, 6.45) is -0.470. The summed E-state index contributed by atoms with van der Waals surface area (Å²) in [7, 11) is 0. The Bertz CT molecular complexity index is 455. The second kappa shape index (κ2) is 6.84. The summed E-state index contributed by atoms with van der Waals surface area (Å²) in [6, 6.07) is 0. The molecule has 0 spiro atoms. The van der Waals surface area contributed by atoms with E-state index in [-0.39, 0.29) is 0 Å². The van der Waals surface area contributed by atoms with Crippen LogP contribution in [-0.2, 0) is 11.0 Å². The molecule has 5 nitrogen and oxygen atoms in total. The lowest BCUT2D eigenvalue weighted by Crippen LogP contribution is -2.47. The molecule has 2 rings (SSSR count). The predicted molar refractivity (Wildman–Crippen MR) is 71.0 cm³/mol. The average molecular weight is 302 g/mol. The van der Waals surface area contributed by atoms with Crippen molar-refractivity contribution in [2.45, 2.75) is 19.0 Å². The minimum absolute atomic E-state index is 0.329. The minimum Gasteiger partial charge on any atom is -0.338 e. The van der Waals surface area contributed by atoms with Crippen LogP contribution >= 0.6 is 0 Å². The summed E-state index contributed by atoms with van der Waals surface area (Å²) < 4.78 is 37.3. The van der Waals surface area contributed by atoms with E-state index >= 15 is 0 Å². The van der Waals surface area contributed by atoms with Gasteiger partial charge in [-0.05, 0) is 13.0 Å². The summed E-state index contributed by atoms with van der Waals surface area (Å²) >= 11 is 0. The molecule has 0 aliphatic carbocycles. The SMILES string of the molecule is O=CCCCN1CCN(c2ncc(C(F)(F)F)cn2)CC1. The fourth-order valence-corrected chi connectivity index (χ4v) is 2.20. The lowest BCUT2D eigenvalue weighted by Gasteiger charge is -2.34. The Balaban J connectivity index is 1.86. The van der Waals surface area contributed by atoms with Gasteiger partial charge in [0.25, 0.3) is 0 Å². The largest absolute Gasteiger partial charge is 0.419 e. The molecule has 1 fully saturated rings. The van der Waals surface area contributed by atoms with Crippen molar-refractivity contribution < 1.29 is 18.0 Å². The van der Waals surface area contributed by atoms with Crippen molar-refractivity contribution in [3.63, 3.8) is 0 Å². The first-order valence-electron chi connectivity index (χ1n) is 6.81. The fraction of sp³-hybridized carbons (Fsp3) is 0.615. The van der Waals surface area contributed by atoms with E-state index in [0.29, 0.717) is 25.5 Å². The molecule has 0 saturated carbocycles. The number of halogens is 3. The topological polar surface area (TPSA) is 49.3 Å². The van der Waals surface area contributed by atoms with Gasteiger partial charge in [-0.15, -0.1) is 0 Å². The number of unbranched alkanes of at least 4 members (excludes halogenated alkanes) is 1. The summed E-state index contributed by atoms with van der Waals surface area (Å²) in [5.74, 6) is 0.329. The van der Waals surface area contributed by atoms with E-state index in [0.717, 1.165) is 44.7 Å². The second-order valence-corrected chi connectivity index (χ2v) is 4.91. The van der Waals surface area contributed by atoms with Crippen LogP contribution in [0.2, 0.25) is 0 Å². The first-order valence-corrected chi connectivity index (χ1v) is 6.81. The average Bonchev–Trinajstić information content (AvgIpc) is 2.48. The van der Waals surface area contributed by atoms with Crippen molar-refractivity contribution in [1.82, 2.24) is 14.9 Å². The van der Waals surface area contributed by atoms with Gasteiger partial charge in [0, 0.05) is 45.0 Å². The Morgan fingerprint density at radius 2 is 1.76 bits per heavy atom. The zero-order chi connectivity index (χ0) is 15.3. The standard InChI is InChI=1S/C13H17F3N4O/c14-13(15,16)11-9-17-12(18-10-11)20-6-4-19(5-7-20)3-1-2-8-21/h8-10H,1-7H2. The summed E-state index contributed by atoms with van der Waals surface area (Å²) in [5, 5.41) is 0. The molecule has 1 aromatic rings. The molecule has 0 bridgehead atoms. The number of piperazine rings is 1. The number of carbonyl (C=O) groups excluding carboxylic acids is 1. The maximum atomic E-state index is 12.4. The normalized spacial score (nSPS) is 17.0. The second-order valence-electron chi connectivity index (χ2n) is 4.91. The maximum absolute atomic E-state index is 12.4. The van der Waals surface area contributed by atoms with Gasteiger partial charge in [0.05, 0.1) is 5.56 Å². The van der Waals surface area contributed by atoms with Crippen molar-refractivity contribution in [3.05, 3.63) is 18.0 Å². The third-order valence-electron chi connectivity index (χ3n) is 3.42. The highest BCUT2D eigenvalue weighted by Crippen LogP contribution is 2.28. The van der Waals surface area contributed by atoms with Gasteiger partial charge in [-0.2, -0.15) is 13.2 Å². The Hall–Kier alpha value is -1.70. The van der Waals surface area contributed by atoms with Crippen LogP contribution in [0.15, 0.2) is 12.4 Å². The minimum atomic E-state index is -4.41. The van der Waals surface area contributed by atoms with Crippen LogP contribution < -0.4 is 4.90 Å².